The van der Waals surface area contributed by atoms with Gasteiger partial charge in [-0.1, -0.05) is 48.0 Å². The molecule has 0 saturated carbocycles. The van der Waals surface area contributed by atoms with Gasteiger partial charge in [0, 0.05) is 22.3 Å². The number of hydrogen-bond acceptors (Lipinski definition) is 4. The van der Waals surface area contributed by atoms with Crippen LogP contribution in [-0.2, 0) is 27.4 Å². The number of pyridine rings is 1. The van der Waals surface area contributed by atoms with E-state index in [2.05, 4.69) is 0 Å². The lowest BCUT2D eigenvalue weighted by Gasteiger charge is -2.23. The van der Waals surface area contributed by atoms with E-state index < -0.39 is 5.97 Å². The van der Waals surface area contributed by atoms with E-state index >= 15 is 0 Å². The summed E-state index contributed by atoms with van der Waals surface area (Å²) in [6.07, 6.45) is 0. The molecule has 0 saturated heterocycles. The van der Waals surface area contributed by atoms with Crippen molar-refractivity contribution < 1.29 is 14.3 Å². The van der Waals surface area contributed by atoms with E-state index in [4.69, 9.17) is 16.3 Å². The Morgan fingerprint density at radius 2 is 1.47 bits per heavy atom. The van der Waals surface area contributed by atoms with Crippen molar-refractivity contribution in [3.05, 3.63) is 93.6 Å². The summed E-state index contributed by atoms with van der Waals surface area (Å²) in [4.78, 5) is 39.8. The normalized spacial score (nSPS) is 10.9. The molecule has 0 aliphatic rings. The van der Waals surface area contributed by atoms with Gasteiger partial charge in [-0.25, -0.2) is 0 Å². The Hall–Kier alpha value is -3.64. The van der Waals surface area contributed by atoms with Crippen LogP contribution in [0, 0.1) is 0 Å². The number of nitrogens with zero attached hydrogens (tertiary/aromatic N) is 2. The molecule has 0 spiro atoms. The van der Waals surface area contributed by atoms with Crippen molar-refractivity contribution in [1.82, 2.24) is 9.47 Å². The first kappa shape index (κ1) is 21.6. The number of benzene rings is 3. The number of hydrogen-bond donors (Lipinski definition) is 0. The monoisotopic (exact) mass is 448 g/mol. The van der Waals surface area contributed by atoms with Crippen LogP contribution < -0.4 is 5.43 Å². The van der Waals surface area contributed by atoms with Gasteiger partial charge < -0.3 is 14.2 Å². The Balaban J connectivity index is 1.75. The predicted molar refractivity (Wildman–Crippen MR) is 125 cm³/mol. The molecular weight excluding hydrogens is 428 g/mol. The maximum absolute atomic E-state index is 13.4. The molecule has 0 N–H and O–H groups in total. The van der Waals surface area contributed by atoms with Gasteiger partial charge in [-0.15, -0.1) is 0 Å². The molecule has 162 valence electrons. The Labute approximate surface area is 189 Å². The second kappa shape index (κ2) is 9.24. The SMILES string of the molecule is COC(=O)CN(Cc1ccc(Cl)cc1)C(=O)Cn1c2ccccc2c(=O)c2ccccc21. The van der Waals surface area contributed by atoms with Crippen LogP contribution in [0.25, 0.3) is 21.8 Å². The molecule has 1 amide bonds. The summed E-state index contributed by atoms with van der Waals surface area (Å²) in [6, 6.07) is 21.5. The molecule has 0 aliphatic heterocycles. The minimum atomic E-state index is -0.512. The van der Waals surface area contributed by atoms with Crippen LogP contribution in [0.1, 0.15) is 5.56 Å². The summed E-state index contributed by atoms with van der Waals surface area (Å²) in [6.45, 7) is 0.00107. The van der Waals surface area contributed by atoms with Gasteiger partial charge in [-0.05, 0) is 42.0 Å². The quantitative estimate of drug-likeness (QED) is 0.330. The molecule has 0 fully saturated rings. The van der Waals surface area contributed by atoms with Crippen molar-refractivity contribution >= 4 is 45.3 Å². The van der Waals surface area contributed by atoms with Crippen LogP contribution in [0.15, 0.2) is 77.6 Å². The summed E-state index contributed by atoms with van der Waals surface area (Å²) >= 11 is 5.97. The van der Waals surface area contributed by atoms with Crippen molar-refractivity contribution in [2.75, 3.05) is 13.7 Å². The minimum Gasteiger partial charge on any atom is -0.468 e. The maximum Gasteiger partial charge on any atom is 0.325 e. The fourth-order valence-corrected chi connectivity index (χ4v) is 3.87. The number of fused-ring (bicyclic) bond motifs is 2. The highest BCUT2D eigenvalue weighted by molar-refractivity contribution is 6.30. The van der Waals surface area contributed by atoms with E-state index in [0.29, 0.717) is 26.8 Å². The molecule has 0 bridgehead atoms. The second-order valence-electron chi connectivity index (χ2n) is 7.40. The van der Waals surface area contributed by atoms with Crippen molar-refractivity contribution in [1.29, 1.82) is 0 Å². The molecule has 1 aromatic heterocycles. The summed E-state index contributed by atoms with van der Waals surface area (Å²) in [7, 11) is 1.29. The summed E-state index contributed by atoms with van der Waals surface area (Å²) in [5.41, 5.74) is 2.08. The zero-order valence-electron chi connectivity index (χ0n) is 17.5. The molecule has 6 nitrogen and oxygen atoms in total. The highest BCUT2D eigenvalue weighted by Gasteiger charge is 2.20. The first-order valence-corrected chi connectivity index (χ1v) is 10.4. The highest BCUT2D eigenvalue weighted by Crippen LogP contribution is 2.20. The number of esters is 1. The first-order chi connectivity index (χ1) is 15.5. The molecule has 0 radical (unpaired) electrons. The lowest BCUT2D eigenvalue weighted by molar-refractivity contribution is -0.147. The van der Waals surface area contributed by atoms with Crippen LogP contribution in [0.4, 0.5) is 0 Å². The largest absolute Gasteiger partial charge is 0.468 e. The zero-order chi connectivity index (χ0) is 22.7. The topological polar surface area (TPSA) is 68.6 Å². The van der Waals surface area contributed by atoms with Gasteiger partial charge in [0.25, 0.3) is 0 Å². The Morgan fingerprint density at radius 3 is 2.03 bits per heavy atom. The molecule has 4 aromatic rings. The summed E-state index contributed by atoms with van der Waals surface area (Å²) < 4.78 is 6.61. The van der Waals surface area contributed by atoms with Crippen LogP contribution in [0.2, 0.25) is 5.02 Å². The van der Waals surface area contributed by atoms with Crippen LogP contribution in [0.5, 0.6) is 0 Å². The lowest BCUT2D eigenvalue weighted by Crippen LogP contribution is -2.38. The smallest absolute Gasteiger partial charge is 0.325 e. The molecular formula is C25H21ClN2O4. The third-order valence-electron chi connectivity index (χ3n) is 5.36. The van der Waals surface area contributed by atoms with Gasteiger partial charge in [-0.2, -0.15) is 0 Å². The number of carbonyl (C=O) groups is 2. The Bertz CT molecular complexity index is 1300. The van der Waals surface area contributed by atoms with E-state index in [0.717, 1.165) is 5.56 Å². The maximum atomic E-state index is 13.4. The number of aromatic nitrogens is 1. The predicted octanol–water partition coefficient (Wildman–Crippen LogP) is 4.01. The number of rotatable bonds is 6. The van der Waals surface area contributed by atoms with Crippen LogP contribution in [0.3, 0.4) is 0 Å². The summed E-state index contributed by atoms with van der Waals surface area (Å²) in [5.74, 6) is -0.786. The van der Waals surface area contributed by atoms with E-state index in [1.165, 1.54) is 12.0 Å². The highest BCUT2D eigenvalue weighted by atomic mass is 35.5. The molecule has 0 unspecified atom stereocenters. The third kappa shape index (κ3) is 4.36. The zero-order valence-corrected chi connectivity index (χ0v) is 18.2. The number of carbonyl (C=O) groups excluding carboxylic acids is 2. The van der Waals surface area contributed by atoms with Crippen molar-refractivity contribution in [2.24, 2.45) is 0 Å². The molecule has 7 heteroatoms. The van der Waals surface area contributed by atoms with Gasteiger partial charge >= 0.3 is 5.97 Å². The number of amides is 1. The fourth-order valence-electron chi connectivity index (χ4n) is 3.75. The average molecular weight is 449 g/mol. The van der Waals surface area contributed by atoms with E-state index in [1.807, 2.05) is 41.0 Å². The molecule has 1 heterocycles. The van der Waals surface area contributed by atoms with Crippen molar-refractivity contribution in [3.63, 3.8) is 0 Å². The Morgan fingerprint density at radius 1 is 0.906 bits per heavy atom. The molecule has 3 aromatic carbocycles. The van der Waals surface area contributed by atoms with Gasteiger partial charge in [0.2, 0.25) is 5.91 Å². The summed E-state index contributed by atoms with van der Waals surface area (Å²) in [5, 5.41) is 1.67. The minimum absolute atomic E-state index is 0.0358. The van der Waals surface area contributed by atoms with Gasteiger partial charge in [0.15, 0.2) is 5.43 Å². The third-order valence-corrected chi connectivity index (χ3v) is 5.61. The van der Waals surface area contributed by atoms with Crippen molar-refractivity contribution in [2.45, 2.75) is 13.1 Å². The average Bonchev–Trinajstić information content (AvgIpc) is 2.82. The van der Waals surface area contributed by atoms with Gasteiger partial charge in [-0.3, -0.25) is 14.4 Å². The van der Waals surface area contributed by atoms with Crippen LogP contribution in [-0.4, -0.2) is 35.0 Å². The fraction of sp³-hybridized carbons (Fsp3) is 0.160. The first-order valence-electron chi connectivity index (χ1n) is 10.1. The van der Waals surface area contributed by atoms with Crippen molar-refractivity contribution in [3.8, 4) is 0 Å². The Kier molecular flexibility index (Phi) is 6.23. The van der Waals surface area contributed by atoms with Crippen LogP contribution >= 0.6 is 11.6 Å². The molecule has 0 atom stereocenters. The van der Waals surface area contributed by atoms with E-state index in [1.54, 1.807) is 36.4 Å². The number of ether oxygens (including phenoxy) is 1. The number of halogens is 1. The number of methoxy groups -OCH3 is 1. The number of para-hydroxylation sites is 2. The molecule has 32 heavy (non-hydrogen) atoms. The second-order valence-corrected chi connectivity index (χ2v) is 7.84. The van der Waals surface area contributed by atoms with E-state index in [9.17, 15) is 14.4 Å². The molecule has 4 rings (SSSR count). The lowest BCUT2D eigenvalue weighted by atomic mass is 10.1. The van der Waals surface area contributed by atoms with E-state index in [-0.39, 0.29) is 31.0 Å². The van der Waals surface area contributed by atoms with Gasteiger partial charge in [0.05, 0.1) is 18.1 Å². The van der Waals surface area contributed by atoms with Gasteiger partial charge in [0.1, 0.15) is 13.1 Å². The molecule has 0 aliphatic carbocycles. The standard InChI is InChI=1S/C25H21ClN2O4/c1-32-24(30)16-27(14-17-10-12-18(26)13-11-17)23(29)15-28-21-8-4-2-6-19(21)25(31)20-7-3-5-9-22(20)28/h2-13H,14-16H2,1H3.